The minimum atomic E-state index is -1.31. The van der Waals surface area contributed by atoms with Gasteiger partial charge in [0.2, 0.25) is 0 Å². The second-order valence-corrected chi connectivity index (χ2v) is 5.16. The number of hydrogen-bond donors (Lipinski definition) is 1. The van der Waals surface area contributed by atoms with Gasteiger partial charge in [0.25, 0.3) is 5.69 Å². The molecule has 0 unspecified atom stereocenters. The number of rotatable bonds is 4. The number of benzene rings is 2. The molecule has 0 bridgehead atoms. The number of nitro groups is 1. The number of nitro benzene ring substituents is 1. The number of nitrogens with zero attached hydrogens (tertiary/aromatic N) is 1. The van der Waals surface area contributed by atoms with Gasteiger partial charge in [-0.25, -0.2) is 4.79 Å². The number of carboxylic acids is 1. The van der Waals surface area contributed by atoms with Crippen LogP contribution < -0.4 is 0 Å². The zero-order chi connectivity index (χ0) is 16.3. The Hall–Kier alpha value is -2.37. The fraction of sp³-hybridized carbons (Fsp3) is 0. The lowest BCUT2D eigenvalue weighted by molar-refractivity contribution is -0.385. The minimum absolute atomic E-state index is 0.116. The first kappa shape index (κ1) is 16.0. The summed E-state index contributed by atoms with van der Waals surface area (Å²) in [4.78, 5) is 22.0. The van der Waals surface area contributed by atoms with Gasteiger partial charge in [-0.15, -0.1) is 0 Å². The van der Waals surface area contributed by atoms with Crippen molar-refractivity contribution in [3.8, 4) is 0 Å². The molecule has 7 heteroatoms. The van der Waals surface area contributed by atoms with Crippen molar-refractivity contribution in [3.05, 3.63) is 73.8 Å². The second-order valence-electron chi connectivity index (χ2n) is 4.31. The van der Waals surface area contributed by atoms with Crippen molar-refractivity contribution in [3.63, 3.8) is 0 Å². The molecule has 1 N–H and O–H groups in total. The van der Waals surface area contributed by atoms with Crippen LogP contribution in [0.3, 0.4) is 0 Å². The number of aliphatic carboxylic acids is 1. The van der Waals surface area contributed by atoms with Crippen LogP contribution >= 0.6 is 23.2 Å². The zero-order valence-electron chi connectivity index (χ0n) is 11.0. The summed E-state index contributed by atoms with van der Waals surface area (Å²) in [6, 6.07) is 11.0. The highest BCUT2D eigenvalue weighted by Gasteiger charge is 2.26. The minimum Gasteiger partial charge on any atom is -0.478 e. The molecule has 0 fully saturated rings. The van der Waals surface area contributed by atoms with E-state index in [0.29, 0.717) is 5.56 Å². The molecular weight excluding hydrogens is 329 g/mol. The summed E-state index contributed by atoms with van der Waals surface area (Å²) in [5.41, 5.74) is -0.304. The van der Waals surface area contributed by atoms with Crippen LogP contribution in [0.2, 0.25) is 10.0 Å². The molecule has 0 aliphatic rings. The number of hydrogen-bond acceptors (Lipinski definition) is 3. The molecule has 0 radical (unpaired) electrons. The lowest BCUT2D eigenvalue weighted by Gasteiger charge is -2.07. The van der Waals surface area contributed by atoms with Gasteiger partial charge in [0, 0.05) is 5.02 Å². The number of carboxylic acid groups (broad SMARTS) is 1. The Kier molecular flexibility index (Phi) is 4.80. The molecule has 2 rings (SSSR count). The van der Waals surface area contributed by atoms with Gasteiger partial charge in [-0.2, -0.15) is 0 Å². The maximum atomic E-state index is 11.5. The molecule has 2 aromatic rings. The molecule has 22 heavy (non-hydrogen) atoms. The van der Waals surface area contributed by atoms with Crippen LogP contribution in [-0.4, -0.2) is 16.0 Å². The van der Waals surface area contributed by atoms with E-state index in [9.17, 15) is 20.0 Å². The molecule has 0 amide bonds. The molecule has 2 aromatic carbocycles. The molecule has 0 spiro atoms. The summed E-state index contributed by atoms with van der Waals surface area (Å²) in [7, 11) is 0. The molecule has 0 aromatic heterocycles. The normalized spacial score (nSPS) is 11.3. The third-order valence-corrected chi connectivity index (χ3v) is 3.35. The highest BCUT2D eigenvalue weighted by molar-refractivity contribution is 6.37. The van der Waals surface area contributed by atoms with Gasteiger partial charge in [-0.3, -0.25) is 10.1 Å². The van der Waals surface area contributed by atoms with Crippen molar-refractivity contribution in [2.75, 3.05) is 0 Å². The fourth-order valence-corrected chi connectivity index (χ4v) is 2.49. The van der Waals surface area contributed by atoms with Gasteiger partial charge < -0.3 is 5.11 Å². The summed E-state index contributed by atoms with van der Waals surface area (Å²) in [5.74, 6) is -1.31. The number of carbonyl (C=O) groups is 1. The predicted molar refractivity (Wildman–Crippen MR) is 85.1 cm³/mol. The average Bonchev–Trinajstić information content (AvgIpc) is 2.44. The Morgan fingerprint density at radius 2 is 1.82 bits per heavy atom. The van der Waals surface area contributed by atoms with Gasteiger partial charge in [-0.05, 0) is 23.8 Å². The Labute approximate surface area is 135 Å². The first-order valence-electron chi connectivity index (χ1n) is 6.04. The summed E-state index contributed by atoms with van der Waals surface area (Å²) in [6.45, 7) is 0. The standard InChI is InChI=1S/C15H9Cl2NO4/c16-10-7-11(14(18(21)22)13(17)8-10)12(15(19)20)6-9-4-2-1-3-5-9/h1-8H,(H,19,20)/b12-6-. The Bertz CT molecular complexity index is 773. The molecule has 0 aliphatic heterocycles. The van der Waals surface area contributed by atoms with Crippen molar-refractivity contribution in [2.24, 2.45) is 0 Å². The van der Waals surface area contributed by atoms with Crippen LogP contribution in [0, 0.1) is 10.1 Å². The lowest BCUT2D eigenvalue weighted by atomic mass is 10.0. The van der Waals surface area contributed by atoms with Gasteiger partial charge in [0.1, 0.15) is 5.02 Å². The highest BCUT2D eigenvalue weighted by atomic mass is 35.5. The van der Waals surface area contributed by atoms with E-state index >= 15 is 0 Å². The third-order valence-electron chi connectivity index (χ3n) is 2.84. The van der Waals surface area contributed by atoms with Crippen LogP contribution in [0.25, 0.3) is 11.6 Å². The van der Waals surface area contributed by atoms with E-state index < -0.39 is 16.6 Å². The van der Waals surface area contributed by atoms with E-state index in [2.05, 4.69) is 0 Å². The second kappa shape index (κ2) is 6.60. The first-order valence-corrected chi connectivity index (χ1v) is 6.79. The summed E-state index contributed by atoms with van der Waals surface area (Å²) < 4.78 is 0. The zero-order valence-corrected chi connectivity index (χ0v) is 12.5. The predicted octanol–water partition coefficient (Wildman–Crippen LogP) is 4.53. The van der Waals surface area contributed by atoms with E-state index in [0.717, 1.165) is 0 Å². The van der Waals surface area contributed by atoms with Crippen LogP contribution in [-0.2, 0) is 4.79 Å². The quantitative estimate of drug-likeness (QED) is 0.384. The average molecular weight is 338 g/mol. The largest absolute Gasteiger partial charge is 0.478 e. The van der Waals surface area contributed by atoms with Crippen LogP contribution in [0.1, 0.15) is 11.1 Å². The van der Waals surface area contributed by atoms with Crippen molar-refractivity contribution >= 4 is 46.5 Å². The monoisotopic (exact) mass is 337 g/mol. The van der Waals surface area contributed by atoms with Crippen LogP contribution in [0.5, 0.6) is 0 Å². The lowest BCUT2D eigenvalue weighted by Crippen LogP contribution is -2.04. The van der Waals surface area contributed by atoms with E-state index in [1.807, 2.05) is 0 Å². The molecule has 0 heterocycles. The van der Waals surface area contributed by atoms with Gasteiger partial charge >= 0.3 is 5.97 Å². The molecule has 0 aliphatic carbocycles. The molecule has 112 valence electrons. The fourth-order valence-electron chi connectivity index (χ4n) is 1.93. The maximum absolute atomic E-state index is 11.5. The van der Waals surface area contributed by atoms with Crippen molar-refractivity contribution < 1.29 is 14.8 Å². The first-order chi connectivity index (χ1) is 10.4. The van der Waals surface area contributed by atoms with E-state index in [1.165, 1.54) is 18.2 Å². The van der Waals surface area contributed by atoms with Crippen LogP contribution in [0.4, 0.5) is 5.69 Å². The van der Waals surface area contributed by atoms with E-state index in [-0.39, 0.29) is 21.2 Å². The van der Waals surface area contributed by atoms with Crippen molar-refractivity contribution in [1.82, 2.24) is 0 Å². The topological polar surface area (TPSA) is 80.4 Å². The summed E-state index contributed by atoms with van der Waals surface area (Å²) >= 11 is 11.7. The summed E-state index contributed by atoms with van der Waals surface area (Å²) in [5, 5.41) is 20.5. The molecule has 5 nitrogen and oxygen atoms in total. The molecule has 0 saturated carbocycles. The Morgan fingerprint density at radius 1 is 1.18 bits per heavy atom. The maximum Gasteiger partial charge on any atom is 0.336 e. The highest BCUT2D eigenvalue weighted by Crippen LogP contribution is 2.36. The number of halogens is 2. The molecular formula is C15H9Cl2NO4. The van der Waals surface area contributed by atoms with Crippen molar-refractivity contribution in [1.29, 1.82) is 0 Å². The molecule has 0 atom stereocenters. The van der Waals surface area contributed by atoms with Gasteiger partial charge in [0.15, 0.2) is 0 Å². The van der Waals surface area contributed by atoms with E-state index in [1.54, 1.807) is 30.3 Å². The van der Waals surface area contributed by atoms with Gasteiger partial charge in [-0.1, -0.05) is 53.5 Å². The summed E-state index contributed by atoms with van der Waals surface area (Å²) in [6.07, 6.45) is 1.33. The molecule has 0 saturated heterocycles. The van der Waals surface area contributed by atoms with Crippen LogP contribution in [0.15, 0.2) is 42.5 Å². The SMILES string of the molecule is O=C(O)/C(=C\c1ccccc1)c1cc(Cl)cc(Cl)c1[N+](=O)[O-]. The Balaban J connectivity index is 2.72. The van der Waals surface area contributed by atoms with E-state index in [4.69, 9.17) is 23.2 Å². The Morgan fingerprint density at radius 3 is 2.36 bits per heavy atom. The smallest absolute Gasteiger partial charge is 0.336 e. The third kappa shape index (κ3) is 3.44. The van der Waals surface area contributed by atoms with Crippen molar-refractivity contribution in [2.45, 2.75) is 0 Å². The van der Waals surface area contributed by atoms with Gasteiger partial charge in [0.05, 0.1) is 16.1 Å².